The predicted octanol–water partition coefficient (Wildman–Crippen LogP) is 0.881. The van der Waals surface area contributed by atoms with E-state index in [4.69, 9.17) is 5.14 Å². The summed E-state index contributed by atoms with van der Waals surface area (Å²) in [6.45, 7) is 1.65. The zero-order valence-electron chi connectivity index (χ0n) is 6.80. The second kappa shape index (κ2) is 5.39. The van der Waals surface area contributed by atoms with E-state index in [9.17, 15) is 8.42 Å². The zero-order chi connectivity index (χ0) is 8.48. The van der Waals surface area contributed by atoms with Gasteiger partial charge in [0.15, 0.2) is 5.03 Å². The highest BCUT2D eigenvalue weighted by atomic mass is 35.5. The molecule has 0 fully saturated rings. The van der Waals surface area contributed by atoms with Crippen LogP contribution in [0, 0.1) is 6.92 Å². The van der Waals surface area contributed by atoms with E-state index < -0.39 is 10.0 Å². The number of primary sulfonamides is 1. The van der Waals surface area contributed by atoms with Crippen molar-refractivity contribution in [3.63, 3.8) is 0 Å². The molecule has 0 bridgehead atoms. The summed E-state index contributed by atoms with van der Waals surface area (Å²) in [5.74, 6) is 0. The maximum absolute atomic E-state index is 10.8. The van der Waals surface area contributed by atoms with Crippen molar-refractivity contribution in [1.29, 1.82) is 0 Å². The van der Waals surface area contributed by atoms with Gasteiger partial charge in [0.1, 0.15) is 0 Å². The van der Waals surface area contributed by atoms with Gasteiger partial charge in [-0.15, -0.1) is 24.8 Å². The highest BCUT2D eigenvalue weighted by Crippen LogP contribution is 2.07. The zero-order valence-corrected chi connectivity index (χ0v) is 9.25. The fourth-order valence-corrected chi connectivity index (χ4v) is 1.49. The first kappa shape index (κ1) is 15.1. The number of sulfonamides is 1. The SMILES string of the molecule is Cc1cccnc1S(N)(=O)=O.Cl.Cl. The van der Waals surface area contributed by atoms with E-state index in [0.717, 1.165) is 0 Å². The number of pyridine rings is 1. The summed E-state index contributed by atoms with van der Waals surface area (Å²) < 4.78 is 21.5. The van der Waals surface area contributed by atoms with Crippen LogP contribution in [0.3, 0.4) is 0 Å². The average molecular weight is 245 g/mol. The smallest absolute Gasteiger partial charge is 0.243 e. The minimum atomic E-state index is -3.64. The lowest BCUT2D eigenvalue weighted by atomic mass is 10.3. The molecule has 0 aromatic carbocycles. The molecule has 76 valence electrons. The van der Waals surface area contributed by atoms with Crippen LogP contribution in [-0.2, 0) is 10.0 Å². The molecule has 13 heavy (non-hydrogen) atoms. The van der Waals surface area contributed by atoms with Crippen molar-refractivity contribution in [3.8, 4) is 0 Å². The molecule has 0 saturated heterocycles. The molecule has 0 radical (unpaired) electrons. The Morgan fingerprint density at radius 1 is 1.38 bits per heavy atom. The van der Waals surface area contributed by atoms with Crippen LogP contribution in [0.1, 0.15) is 5.56 Å². The monoisotopic (exact) mass is 244 g/mol. The molecule has 0 saturated carbocycles. The van der Waals surface area contributed by atoms with Gasteiger partial charge in [-0.05, 0) is 18.6 Å². The van der Waals surface area contributed by atoms with Gasteiger partial charge in [-0.3, -0.25) is 0 Å². The summed E-state index contributed by atoms with van der Waals surface area (Å²) in [6.07, 6.45) is 1.40. The number of rotatable bonds is 1. The molecule has 0 aliphatic heterocycles. The number of halogens is 2. The van der Waals surface area contributed by atoms with Crippen molar-refractivity contribution in [2.75, 3.05) is 0 Å². The summed E-state index contributed by atoms with van der Waals surface area (Å²) >= 11 is 0. The molecule has 1 heterocycles. The topological polar surface area (TPSA) is 73.0 Å². The van der Waals surface area contributed by atoms with Crippen LogP contribution >= 0.6 is 24.8 Å². The van der Waals surface area contributed by atoms with Crippen LogP contribution in [0.2, 0.25) is 0 Å². The molecule has 1 rings (SSSR count). The molecular weight excluding hydrogens is 235 g/mol. The Labute approximate surface area is 89.4 Å². The van der Waals surface area contributed by atoms with Gasteiger partial charge < -0.3 is 0 Å². The van der Waals surface area contributed by atoms with Crippen LogP contribution in [0.5, 0.6) is 0 Å². The minimum Gasteiger partial charge on any atom is -0.243 e. The lowest BCUT2D eigenvalue weighted by Gasteiger charge is -1.98. The number of hydrogen-bond acceptors (Lipinski definition) is 3. The summed E-state index contributed by atoms with van der Waals surface area (Å²) in [7, 11) is -3.64. The molecule has 2 N–H and O–H groups in total. The predicted molar refractivity (Wildman–Crippen MR) is 54.8 cm³/mol. The first-order chi connectivity index (χ1) is 5.02. The van der Waals surface area contributed by atoms with Gasteiger partial charge in [-0.1, -0.05) is 6.07 Å². The molecule has 0 spiro atoms. The quantitative estimate of drug-likeness (QED) is 0.798. The number of hydrogen-bond donors (Lipinski definition) is 1. The summed E-state index contributed by atoms with van der Waals surface area (Å²) in [5.41, 5.74) is 0.565. The van der Waals surface area contributed by atoms with Crippen molar-refractivity contribution in [2.24, 2.45) is 5.14 Å². The van der Waals surface area contributed by atoms with E-state index in [0.29, 0.717) is 5.56 Å². The van der Waals surface area contributed by atoms with Crippen LogP contribution in [-0.4, -0.2) is 13.4 Å². The van der Waals surface area contributed by atoms with Gasteiger partial charge in [-0.2, -0.15) is 0 Å². The highest BCUT2D eigenvalue weighted by Gasteiger charge is 2.10. The van der Waals surface area contributed by atoms with Crippen LogP contribution in [0.4, 0.5) is 0 Å². The van der Waals surface area contributed by atoms with Crippen molar-refractivity contribution in [1.82, 2.24) is 4.98 Å². The first-order valence-electron chi connectivity index (χ1n) is 2.96. The minimum absolute atomic E-state index is 0. The standard InChI is InChI=1S/C6H8N2O2S.2ClH/c1-5-3-2-4-8-6(5)11(7,9)10;;/h2-4H,1H3,(H2,7,9,10);2*1H. The Bertz CT molecular complexity index is 367. The van der Waals surface area contributed by atoms with Crippen LogP contribution < -0.4 is 5.14 Å². The third-order valence-electron chi connectivity index (χ3n) is 1.23. The number of aromatic nitrogens is 1. The molecular formula is C6H10Cl2N2O2S. The number of nitrogens with zero attached hydrogens (tertiary/aromatic N) is 1. The molecule has 1 aromatic rings. The summed E-state index contributed by atoms with van der Waals surface area (Å²) in [5, 5.41) is 4.81. The number of aryl methyl sites for hydroxylation is 1. The second-order valence-electron chi connectivity index (χ2n) is 2.17. The van der Waals surface area contributed by atoms with Crippen LogP contribution in [0.15, 0.2) is 23.4 Å². The van der Waals surface area contributed by atoms with Gasteiger partial charge in [0, 0.05) is 6.20 Å². The number of nitrogens with two attached hydrogens (primary N) is 1. The summed E-state index contributed by atoms with van der Waals surface area (Å²) in [6, 6.07) is 3.30. The molecule has 0 aliphatic carbocycles. The molecule has 0 unspecified atom stereocenters. The normalized spacial score (nSPS) is 9.69. The maximum atomic E-state index is 10.8. The third kappa shape index (κ3) is 3.91. The lowest BCUT2D eigenvalue weighted by molar-refractivity contribution is 0.593. The highest BCUT2D eigenvalue weighted by molar-refractivity contribution is 7.89. The molecule has 7 heteroatoms. The molecule has 0 atom stereocenters. The van der Waals surface area contributed by atoms with E-state index in [1.165, 1.54) is 6.20 Å². The Morgan fingerprint density at radius 3 is 2.23 bits per heavy atom. The van der Waals surface area contributed by atoms with E-state index >= 15 is 0 Å². The lowest BCUT2D eigenvalue weighted by Crippen LogP contribution is -2.15. The summed E-state index contributed by atoms with van der Waals surface area (Å²) in [4.78, 5) is 3.64. The Morgan fingerprint density at radius 2 is 1.92 bits per heavy atom. The van der Waals surface area contributed by atoms with E-state index in [-0.39, 0.29) is 29.8 Å². The third-order valence-corrected chi connectivity index (χ3v) is 2.20. The van der Waals surface area contributed by atoms with E-state index in [1.54, 1.807) is 19.1 Å². The van der Waals surface area contributed by atoms with Gasteiger partial charge in [0.25, 0.3) is 10.0 Å². The molecule has 4 nitrogen and oxygen atoms in total. The van der Waals surface area contributed by atoms with Crippen LogP contribution in [0.25, 0.3) is 0 Å². The van der Waals surface area contributed by atoms with Crippen molar-refractivity contribution in [2.45, 2.75) is 11.9 Å². The molecule has 0 aliphatic rings. The van der Waals surface area contributed by atoms with Gasteiger partial charge >= 0.3 is 0 Å². The Hall–Kier alpha value is -0.360. The van der Waals surface area contributed by atoms with Crippen molar-refractivity contribution in [3.05, 3.63) is 23.9 Å². The fraction of sp³-hybridized carbons (Fsp3) is 0.167. The average Bonchev–Trinajstić information content (AvgIpc) is 1.86. The second-order valence-corrected chi connectivity index (χ2v) is 3.65. The van der Waals surface area contributed by atoms with E-state index in [1.807, 2.05) is 0 Å². The van der Waals surface area contributed by atoms with E-state index in [2.05, 4.69) is 4.98 Å². The van der Waals surface area contributed by atoms with Gasteiger partial charge in [-0.25, -0.2) is 18.5 Å². The van der Waals surface area contributed by atoms with Gasteiger partial charge in [0.05, 0.1) is 0 Å². The largest absolute Gasteiger partial charge is 0.255 e. The van der Waals surface area contributed by atoms with Gasteiger partial charge in [0.2, 0.25) is 0 Å². The Balaban J connectivity index is 0. The maximum Gasteiger partial charge on any atom is 0.255 e. The fourth-order valence-electron chi connectivity index (χ4n) is 0.769. The molecule has 0 amide bonds. The first-order valence-corrected chi connectivity index (χ1v) is 4.51. The molecule has 1 aromatic heterocycles. The van der Waals surface area contributed by atoms with Crippen molar-refractivity contribution < 1.29 is 8.42 Å². The Kier molecular flexibility index (Phi) is 6.27. The van der Waals surface area contributed by atoms with Crippen molar-refractivity contribution >= 4 is 34.8 Å².